The van der Waals surface area contributed by atoms with Crippen LogP contribution >= 0.6 is 15.9 Å². The number of halogens is 1. The van der Waals surface area contributed by atoms with Crippen LogP contribution in [0, 0.1) is 0 Å². The van der Waals surface area contributed by atoms with Crippen LogP contribution in [-0.2, 0) is 17.8 Å². The second kappa shape index (κ2) is 3.11. The van der Waals surface area contributed by atoms with Gasteiger partial charge in [-0.1, -0.05) is 15.9 Å². The predicted molar refractivity (Wildman–Crippen MR) is 59.4 cm³/mol. The molecule has 0 atom stereocenters. The van der Waals surface area contributed by atoms with Crippen molar-refractivity contribution < 1.29 is 4.74 Å². The summed E-state index contributed by atoms with van der Waals surface area (Å²) in [6.45, 7) is 1.58. The van der Waals surface area contributed by atoms with Gasteiger partial charge in [0, 0.05) is 33.1 Å². The number of rotatable bonds is 0. The lowest BCUT2D eigenvalue weighted by Gasteiger charge is -2.11. The number of hydrogen-bond donors (Lipinski definition) is 1. The van der Waals surface area contributed by atoms with Crippen LogP contribution < -0.4 is 0 Å². The molecule has 3 heteroatoms. The minimum Gasteiger partial charge on any atom is -0.376 e. The molecule has 2 heterocycles. The van der Waals surface area contributed by atoms with Gasteiger partial charge in [-0.25, -0.2) is 0 Å². The van der Waals surface area contributed by atoms with Gasteiger partial charge < -0.3 is 9.72 Å². The van der Waals surface area contributed by atoms with Gasteiger partial charge in [-0.3, -0.25) is 0 Å². The molecular weight excluding hydrogens is 242 g/mol. The maximum atomic E-state index is 5.47. The van der Waals surface area contributed by atoms with E-state index in [0.717, 1.165) is 24.1 Å². The van der Waals surface area contributed by atoms with Gasteiger partial charge in [-0.2, -0.15) is 0 Å². The molecule has 1 aromatic carbocycles. The zero-order valence-corrected chi connectivity index (χ0v) is 9.23. The van der Waals surface area contributed by atoms with Crippen LogP contribution in [-0.4, -0.2) is 11.6 Å². The number of fused-ring (bicyclic) bond motifs is 3. The van der Waals surface area contributed by atoms with Crippen molar-refractivity contribution >= 4 is 26.8 Å². The Labute approximate surface area is 90.4 Å². The summed E-state index contributed by atoms with van der Waals surface area (Å²) in [6, 6.07) is 6.32. The Morgan fingerprint density at radius 2 is 2.29 bits per heavy atom. The molecule has 1 aromatic heterocycles. The zero-order chi connectivity index (χ0) is 9.54. The second-order valence-corrected chi connectivity index (χ2v) is 4.49. The Bertz CT molecular complexity index is 489. The van der Waals surface area contributed by atoms with Gasteiger partial charge >= 0.3 is 0 Å². The van der Waals surface area contributed by atoms with Gasteiger partial charge in [0.15, 0.2) is 0 Å². The molecule has 14 heavy (non-hydrogen) atoms. The van der Waals surface area contributed by atoms with Crippen LogP contribution in [0.15, 0.2) is 22.7 Å². The second-order valence-electron chi connectivity index (χ2n) is 3.57. The molecule has 2 nitrogen and oxygen atoms in total. The summed E-state index contributed by atoms with van der Waals surface area (Å²) in [5.41, 5.74) is 3.88. The highest BCUT2D eigenvalue weighted by molar-refractivity contribution is 9.10. The summed E-state index contributed by atoms with van der Waals surface area (Å²) < 4.78 is 6.59. The van der Waals surface area contributed by atoms with E-state index in [4.69, 9.17) is 4.74 Å². The highest BCUT2D eigenvalue weighted by Crippen LogP contribution is 2.28. The number of benzene rings is 1. The minimum absolute atomic E-state index is 0.742. The molecule has 0 saturated heterocycles. The summed E-state index contributed by atoms with van der Waals surface area (Å²) in [7, 11) is 0. The number of H-pyrrole nitrogens is 1. The van der Waals surface area contributed by atoms with Crippen molar-refractivity contribution in [1.82, 2.24) is 4.98 Å². The first-order chi connectivity index (χ1) is 6.84. The lowest BCUT2D eigenvalue weighted by molar-refractivity contribution is 0.111. The maximum Gasteiger partial charge on any atom is 0.0740 e. The summed E-state index contributed by atoms with van der Waals surface area (Å²) >= 11 is 3.49. The van der Waals surface area contributed by atoms with Crippen molar-refractivity contribution in [2.75, 3.05) is 6.61 Å². The Morgan fingerprint density at radius 1 is 1.36 bits per heavy atom. The third-order valence-corrected chi connectivity index (χ3v) is 3.19. The standard InChI is InChI=1S/C11H10BrNO/c12-7-1-2-10-8(5-7)9-6-14-4-3-11(9)13-10/h1-2,5,13H,3-4,6H2. The van der Waals surface area contributed by atoms with Crippen molar-refractivity contribution in [3.8, 4) is 0 Å². The molecule has 2 aromatic rings. The molecule has 0 amide bonds. The van der Waals surface area contributed by atoms with Crippen LogP contribution in [0.5, 0.6) is 0 Å². The summed E-state index contributed by atoms with van der Waals surface area (Å²) in [4.78, 5) is 3.44. The first kappa shape index (κ1) is 8.50. The smallest absolute Gasteiger partial charge is 0.0740 e. The van der Waals surface area contributed by atoms with Gasteiger partial charge in [0.1, 0.15) is 0 Å². The first-order valence-electron chi connectivity index (χ1n) is 4.71. The highest BCUT2D eigenvalue weighted by atomic mass is 79.9. The molecule has 3 rings (SSSR count). The SMILES string of the molecule is Brc1ccc2[nH]c3c(c2c1)COCC3. The number of hydrogen-bond acceptors (Lipinski definition) is 1. The number of ether oxygens (including phenoxy) is 1. The van der Waals surface area contributed by atoms with Gasteiger partial charge in [0.25, 0.3) is 0 Å². The van der Waals surface area contributed by atoms with Crippen LogP contribution in [0.4, 0.5) is 0 Å². The monoisotopic (exact) mass is 251 g/mol. The fourth-order valence-electron chi connectivity index (χ4n) is 2.00. The summed E-state index contributed by atoms with van der Waals surface area (Å²) in [6.07, 6.45) is 1.00. The fourth-order valence-corrected chi connectivity index (χ4v) is 2.36. The molecular formula is C11H10BrNO. The van der Waals surface area contributed by atoms with Gasteiger partial charge in [-0.15, -0.1) is 0 Å². The van der Waals surface area contributed by atoms with Crippen molar-refractivity contribution in [1.29, 1.82) is 0 Å². The Balaban J connectivity index is 2.32. The normalized spacial score (nSPS) is 15.8. The molecule has 0 spiro atoms. The molecule has 0 bridgehead atoms. The molecule has 0 radical (unpaired) electrons. The Kier molecular flexibility index (Phi) is 1.89. The molecule has 0 unspecified atom stereocenters. The lowest BCUT2D eigenvalue weighted by atomic mass is 10.1. The molecule has 0 aliphatic carbocycles. The van der Waals surface area contributed by atoms with E-state index < -0.39 is 0 Å². The topological polar surface area (TPSA) is 25.0 Å². The largest absolute Gasteiger partial charge is 0.376 e. The average Bonchev–Trinajstić information content (AvgIpc) is 2.56. The van der Waals surface area contributed by atoms with Crippen LogP contribution in [0.25, 0.3) is 10.9 Å². The van der Waals surface area contributed by atoms with Crippen molar-refractivity contribution in [2.24, 2.45) is 0 Å². The van der Waals surface area contributed by atoms with Crippen molar-refractivity contribution in [3.05, 3.63) is 33.9 Å². The molecule has 72 valence electrons. The lowest BCUT2D eigenvalue weighted by Crippen LogP contribution is -2.08. The molecule has 1 N–H and O–H groups in total. The molecule has 1 aliphatic rings. The van der Waals surface area contributed by atoms with E-state index >= 15 is 0 Å². The third-order valence-electron chi connectivity index (χ3n) is 2.70. The summed E-state index contributed by atoms with van der Waals surface area (Å²) in [5.74, 6) is 0. The molecule has 0 saturated carbocycles. The zero-order valence-electron chi connectivity index (χ0n) is 7.64. The van der Waals surface area contributed by atoms with E-state index in [-0.39, 0.29) is 0 Å². The fraction of sp³-hybridized carbons (Fsp3) is 0.273. The third kappa shape index (κ3) is 1.20. The van der Waals surface area contributed by atoms with Gasteiger partial charge in [0.05, 0.1) is 13.2 Å². The molecule has 1 aliphatic heterocycles. The van der Waals surface area contributed by atoms with Crippen LogP contribution in [0.1, 0.15) is 11.3 Å². The highest BCUT2D eigenvalue weighted by Gasteiger charge is 2.15. The quantitative estimate of drug-likeness (QED) is 0.766. The Morgan fingerprint density at radius 3 is 3.21 bits per heavy atom. The number of nitrogens with one attached hydrogen (secondary N) is 1. The summed E-state index contributed by atoms with van der Waals surface area (Å²) in [5, 5.41) is 1.29. The van der Waals surface area contributed by atoms with Gasteiger partial charge in [0.2, 0.25) is 0 Å². The van der Waals surface area contributed by atoms with Crippen LogP contribution in [0.2, 0.25) is 0 Å². The van der Waals surface area contributed by atoms with E-state index in [9.17, 15) is 0 Å². The van der Waals surface area contributed by atoms with E-state index in [0.29, 0.717) is 0 Å². The average molecular weight is 252 g/mol. The number of aromatic amines is 1. The van der Waals surface area contributed by atoms with E-state index in [1.165, 1.54) is 22.2 Å². The first-order valence-corrected chi connectivity index (χ1v) is 5.50. The minimum atomic E-state index is 0.742. The van der Waals surface area contributed by atoms with Gasteiger partial charge in [-0.05, 0) is 18.2 Å². The maximum absolute atomic E-state index is 5.47. The van der Waals surface area contributed by atoms with Crippen molar-refractivity contribution in [3.63, 3.8) is 0 Å². The van der Waals surface area contributed by atoms with E-state index in [2.05, 4.69) is 39.1 Å². The van der Waals surface area contributed by atoms with Crippen LogP contribution in [0.3, 0.4) is 0 Å². The predicted octanol–water partition coefficient (Wildman–Crippen LogP) is 3.00. The Hall–Kier alpha value is -0.800. The van der Waals surface area contributed by atoms with E-state index in [1.54, 1.807) is 0 Å². The number of aromatic nitrogens is 1. The van der Waals surface area contributed by atoms with E-state index in [1.807, 2.05) is 0 Å². The molecule has 0 fully saturated rings. The van der Waals surface area contributed by atoms with Crippen molar-refractivity contribution in [2.45, 2.75) is 13.0 Å².